The van der Waals surface area contributed by atoms with E-state index in [1.54, 1.807) is 6.07 Å². The summed E-state index contributed by atoms with van der Waals surface area (Å²) in [6.45, 7) is 12.8. The van der Waals surface area contributed by atoms with Crippen molar-refractivity contribution >= 4 is 38.0 Å². The Balaban J connectivity index is 2.14. The Morgan fingerprint density at radius 3 is 1.11 bits per heavy atom. The molecular formula is C38H51NO8. The van der Waals surface area contributed by atoms with Crippen LogP contribution in [0.25, 0.3) is 32.3 Å². The largest absolute Gasteiger partial charge is 0.499 e. The fourth-order valence-electron chi connectivity index (χ4n) is 5.49. The Labute approximate surface area is 278 Å². The molecule has 47 heavy (non-hydrogen) atoms. The molecule has 0 aliphatic carbocycles. The number of benzene rings is 4. The molecule has 0 bridgehead atoms. The Morgan fingerprint density at radius 1 is 0.511 bits per heavy atom. The highest BCUT2D eigenvalue weighted by molar-refractivity contribution is 6.29. The topological polar surface area (TPSA) is 110 Å². The lowest BCUT2D eigenvalue weighted by molar-refractivity contribution is -0.384. The van der Waals surface area contributed by atoms with Crippen molar-refractivity contribution in [1.29, 1.82) is 0 Å². The highest BCUT2D eigenvalue weighted by atomic mass is 16.6. The van der Waals surface area contributed by atoms with E-state index in [-0.39, 0.29) is 5.75 Å². The van der Waals surface area contributed by atoms with Gasteiger partial charge in [0.25, 0.3) is 0 Å². The molecule has 0 fully saturated rings. The molecule has 0 aliphatic rings. The van der Waals surface area contributed by atoms with Crippen LogP contribution in [-0.4, -0.2) is 43.1 Å². The Kier molecular flexibility index (Phi) is 13.4. The van der Waals surface area contributed by atoms with Crippen molar-refractivity contribution in [2.24, 2.45) is 0 Å². The molecule has 256 valence electrons. The zero-order valence-electron chi connectivity index (χ0n) is 28.7. The maximum absolute atomic E-state index is 12.8. The molecule has 0 spiro atoms. The van der Waals surface area contributed by atoms with E-state index in [1.165, 1.54) is 0 Å². The Bertz CT molecular complexity index is 1600. The van der Waals surface area contributed by atoms with Gasteiger partial charge >= 0.3 is 5.69 Å². The van der Waals surface area contributed by atoms with Crippen molar-refractivity contribution in [3.63, 3.8) is 0 Å². The molecule has 4 rings (SSSR count). The lowest BCUT2D eigenvalue weighted by Crippen LogP contribution is -2.04. The normalized spacial score (nSPS) is 11.3. The van der Waals surface area contributed by atoms with Crippen LogP contribution in [0.5, 0.6) is 34.5 Å². The molecule has 0 unspecified atom stereocenters. The summed E-state index contributed by atoms with van der Waals surface area (Å²) in [6, 6.07) is 9.33. The molecule has 0 radical (unpaired) electrons. The molecule has 4 aromatic carbocycles. The fraction of sp³-hybridized carbons (Fsp3) is 0.526. The second-order valence-corrected chi connectivity index (χ2v) is 12.0. The molecule has 0 aromatic heterocycles. The van der Waals surface area contributed by atoms with Gasteiger partial charge in [-0.25, -0.2) is 0 Å². The second kappa shape index (κ2) is 17.7. The number of phenolic OH excluding ortho intramolecular Hbond substituents is 1. The molecule has 4 aromatic rings. The van der Waals surface area contributed by atoms with Crippen molar-refractivity contribution < 1.29 is 33.7 Å². The van der Waals surface area contributed by atoms with E-state index in [1.807, 2.05) is 31.2 Å². The fourth-order valence-corrected chi connectivity index (χ4v) is 5.49. The van der Waals surface area contributed by atoms with Crippen LogP contribution < -0.4 is 23.7 Å². The van der Waals surface area contributed by atoms with Gasteiger partial charge in [0.2, 0.25) is 5.75 Å². The van der Waals surface area contributed by atoms with Gasteiger partial charge in [-0.1, -0.05) is 66.7 Å². The van der Waals surface area contributed by atoms with Crippen molar-refractivity contribution in [2.75, 3.05) is 33.0 Å². The maximum Gasteiger partial charge on any atom is 0.323 e. The number of hydrogen-bond acceptors (Lipinski definition) is 8. The molecule has 9 heteroatoms. The summed E-state index contributed by atoms with van der Waals surface area (Å²) in [5.74, 6) is 1.87. The molecule has 0 saturated carbocycles. The summed E-state index contributed by atoms with van der Waals surface area (Å²) < 4.78 is 31.0. The highest BCUT2D eigenvalue weighted by Gasteiger charge is 2.29. The maximum atomic E-state index is 12.8. The van der Waals surface area contributed by atoms with Crippen LogP contribution >= 0.6 is 0 Å². The van der Waals surface area contributed by atoms with Gasteiger partial charge in [0.15, 0.2) is 28.7 Å². The van der Waals surface area contributed by atoms with Crippen LogP contribution in [-0.2, 0) is 0 Å². The molecule has 0 aliphatic heterocycles. The number of aromatic hydroxyl groups is 1. The van der Waals surface area contributed by atoms with Crippen molar-refractivity contribution in [3.05, 3.63) is 40.4 Å². The van der Waals surface area contributed by atoms with E-state index in [0.29, 0.717) is 72.2 Å². The molecule has 0 saturated heterocycles. The first kappa shape index (κ1) is 35.7. The third-order valence-corrected chi connectivity index (χ3v) is 8.22. The SMILES string of the molecule is CCCCOc1cc2c3cc(OCCCC)c(OCCCC)cc3c3c([N+](=O)[O-])c(O)c(OCCCC)cc3c2cc1OCCCC. The Morgan fingerprint density at radius 2 is 0.787 bits per heavy atom. The minimum atomic E-state index is -0.528. The van der Waals surface area contributed by atoms with Gasteiger partial charge in [-0.3, -0.25) is 10.1 Å². The summed E-state index contributed by atoms with van der Waals surface area (Å²) in [6.07, 6.45) is 9.01. The summed E-state index contributed by atoms with van der Waals surface area (Å²) in [4.78, 5) is 12.2. The van der Waals surface area contributed by atoms with Gasteiger partial charge in [-0.15, -0.1) is 0 Å². The van der Waals surface area contributed by atoms with E-state index < -0.39 is 16.4 Å². The van der Waals surface area contributed by atoms with E-state index in [0.717, 1.165) is 80.4 Å². The van der Waals surface area contributed by atoms with Gasteiger partial charge < -0.3 is 28.8 Å². The lowest BCUT2D eigenvalue weighted by atomic mass is 9.92. The number of hydrogen-bond donors (Lipinski definition) is 1. The summed E-state index contributed by atoms with van der Waals surface area (Å²) in [5, 5.41) is 27.8. The third-order valence-electron chi connectivity index (χ3n) is 8.22. The average Bonchev–Trinajstić information content (AvgIpc) is 3.06. The second-order valence-electron chi connectivity index (χ2n) is 12.0. The van der Waals surface area contributed by atoms with E-state index in [2.05, 4.69) is 27.7 Å². The zero-order chi connectivity index (χ0) is 33.8. The first-order valence-corrected chi connectivity index (χ1v) is 17.4. The van der Waals surface area contributed by atoms with Gasteiger partial charge in [-0.05, 0) is 78.6 Å². The number of fused-ring (bicyclic) bond motifs is 6. The average molecular weight is 650 g/mol. The van der Waals surface area contributed by atoms with Gasteiger partial charge in [-0.2, -0.15) is 0 Å². The van der Waals surface area contributed by atoms with Crippen LogP contribution in [0, 0.1) is 10.1 Å². The minimum absolute atomic E-state index is 0.0777. The monoisotopic (exact) mass is 649 g/mol. The molecule has 9 nitrogen and oxygen atoms in total. The summed E-state index contributed by atoms with van der Waals surface area (Å²) in [7, 11) is 0. The molecule has 0 atom stereocenters. The number of rotatable bonds is 21. The number of ether oxygens (including phenoxy) is 5. The number of nitro benzene ring substituents is 1. The zero-order valence-corrected chi connectivity index (χ0v) is 28.7. The molecule has 1 N–H and O–H groups in total. The predicted octanol–water partition coefficient (Wildman–Crippen LogP) is 10.7. The predicted molar refractivity (Wildman–Crippen MR) is 189 cm³/mol. The standard InChI is InChI=1S/C38H51NO8/c1-6-11-16-43-31-21-26-27-22-33(45-18-13-8-3)34(46-19-14-9-4)24-29(27)36-30(28(26)23-32(31)44-17-12-7-2)25-35(47-20-15-10-5)38(40)37(36)39(41)42/h21-25,40H,6-20H2,1-5H3. The van der Waals surface area contributed by atoms with Gasteiger partial charge in [0.1, 0.15) is 0 Å². The highest BCUT2D eigenvalue weighted by Crippen LogP contribution is 2.51. The first-order chi connectivity index (χ1) is 22.9. The summed E-state index contributed by atoms with van der Waals surface area (Å²) in [5.41, 5.74) is -0.406. The quantitative estimate of drug-likeness (QED) is 0.0411. The molecule has 0 amide bonds. The van der Waals surface area contributed by atoms with E-state index in [4.69, 9.17) is 23.7 Å². The van der Waals surface area contributed by atoms with Crippen LogP contribution in [0.3, 0.4) is 0 Å². The number of phenols is 1. The summed E-state index contributed by atoms with van der Waals surface area (Å²) >= 11 is 0. The van der Waals surface area contributed by atoms with Crippen molar-refractivity contribution in [1.82, 2.24) is 0 Å². The molecular weight excluding hydrogens is 598 g/mol. The van der Waals surface area contributed by atoms with E-state index in [9.17, 15) is 15.2 Å². The number of nitro groups is 1. The van der Waals surface area contributed by atoms with Crippen molar-refractivity contribution in [3.8, 4) is 34.5 Å². The Hall–Kier alpha value is -4.14. The van der Waals surface area contributed by atoms with Crippen LogP contribution in [0.15, 0.2) is 30.3 Å². The van der Waals surface area contributed by atoms with Gasteiger partial charge in [0, 0.05) is 10.8 Å². The smallest absolute Gasteiger partial charge is 0.323 e. The van der Waals surface area contributed by atoms with Crippen LogP contribution in [0.2, 0.25) is 0 Å². The van der Waals surface area contributed by atoms with E-state index >= 15 is 0 Å². The van der Waals surface area contributed by atoms with Crippen molar-refractivity contribution in [2.45, 2.75) is 98.8 Å². The molecule has 0 heterocycles. The number of unbranched alkanes of at least 4 members (excludes halogenated alkanes) is 5. The van der Waals surface area contributed by atoms with Crippen LogP contribution in [0.4, 0.5) is 5.69 Å². The lowest BCUT2D eigenvalue weighted by Gasteiger charge is -2.20. The third kappa shape index (κ3) is 8.42. The van der Waals surface area contributed by atoms with Gasteiger partial charge in [0.05, 0.1) is 43.3 Å². The number of nitrogens with zero attached hydrogens (tertiary/aromatic N) is 1. The minimum Gasteiger partial charge on any atom is -0.499 e. The first-order valence-electron chi connectivity index (χ1n) is 17.4. The van der Waals surface area contributed by atoms with Crippen LogP contribution in [0.1, 0.15) is 98.8 Å².